The number of benzene rings is 3. The molecule has 3 aromatic carbocycles. The third-order valence-electron chi connectivity index (χ3n) is 4.78. The minimum atomic E-state index is -1.11. The summed E-state index contributed by atoms with van der Waals surface area (Å²) in [6.45, 7) is 1.32. The number of rotatable bonds is 5. The molecule has 0 amide bonds. The lowest BCUT2D eigenvalue weighted by Gasteiger charge is -2.16. The van der Waals surface area contributed by atoms with Crippen molar-refractivity contribution in [2.75, 3.05) is 0 Å². The van der Waals surface area contributed by atoms with Crippen LogP contribution in [0.2, 0.25) is 0 Å². The molecule has 3 N–H and O–H groups in total. The molecule has 156 valence electrons. The Labute approximate surface area is 183 Å². The quantitative estimate of drug-likeness (QED) is 0.237. The first-order valence-corrected chi connectivity index (χ1v) is 9.91. The molecule has 1 unspecified atom stereocenters. The van der Waals surface area contributed by atoms with Crippen molar-refractivity contribution in [1.82, 2.24) is 4.98 Å². The zero-order chi connectivity index (χ0) is 22.0. The van der Waals surface area contributed by atoms with Crippen molar-refractivity contribution < 1.29 is 20.0 Å². The van der Waals surface area contributed by atoms with E-state index in [-0.39, 0.29) is 10.7 Å². The van der Waals surface area contributed by atoms with Crippen LogP contribution in [0.1, 0.15) is 18.1 Å². The highest BCUT2D eigenvalue weighted by Gasteiger charge is 2.22. The summed E-state index contributed by atoms with van der Waals surface area (Å²) in [7, 11) is 0. The molecule has 6 nitrogen and oxygen atoms in total. The molecule has 1 atom stereocenters. The molecular formula is C24H19ClN2O4. The number of nitrogens with one attached hydrogen (secondary N) is 2. The maximum Gasteiger partial charge on any atom is 0.308 e. The standard InChI is InChI=1S/C24H19ClN2O4/c1-15(28)31-24-19-13-18(20(25)12-16-8-4-2-5-9-16)22(27(29)30)14-21(19)26-23(24)17-10-6-3-7-11-17/h2-14,26-27,29H,1H3/b20-12-. The average Bonchev–Trinajstić information content (AvgIpc) is 3.11. The summed E-state index contributed by atoms with van der Waals surface area (Å²) >= 11 is 6.55. The highest BCUT2D eigenvalue weighted by molar-refractivity contribution is 6.51. The van der Waals surface area contributed by atoms with E-state index in [0.29, 0.717) is 27.9 Å². The number of fused-ring (bicyclic) bond motifs is 1. The van der Waals surface area contributed by atoms with Gasteiger partial charge in [0.05, 0.1) is 21.8 Å². The second kappa shape index (κ2) is 8.75. The van der Waals surface area contributed by atoms with Gasteiger partial charge in [-0.25, -0.2) is 5.21 Å². The third-order valence-corrected chi connectivity index (χ3v) is 5.09. The van der Waals surface area contributed by atoms with Crippen molar-refractivity contribution in [3.8, 4) is 17.0 Å². The number of hydrogen-bond donors (Lipinski definition) is 3. The van der Waals surface area contributed by atoms with Gasteiger partial charge in [-0.15, -0.1) is 0 Å². The highest BCUT2D eigenvalue weighted by atomic mass is 35.5. The minimum absolute atomic E-state index is 0.0416. The molecule has 4 aromatic rings. The van der Waals surface area contributed by atoms with Gasteiger partial charge in [0, 0.05) is 23.9 Å². The molecule has 1 heterocycles. The fourth-order valence-electron chi connectivity index (χ4n) is 3.42. The Morgan fingerprint density at radius 3 is 2.35 bits per heavy atom. The molecule has 0 fully saturated rings. The predicted octanol–water partition coefficient (Wildman–Crippen LogP) is 4.90. The van der Waals surface area contributed by atoms with E-state index in [9.17, 15) is 15.2 Å². The van der Waals surface area contributed by atoms with Crippen LogP contribution < -0.4 is 9.96 Å². The SMILES string of the molecule is CC(=O)Oc1c(-c2ccccc2)[nH]c2cc([NH+]([O-])O)c(/C(Cl)=C/c3ccccc3)cc12. The van der Waals surface area contributed by atoms with Gasteiger partial charge in [-0.2, -0.15) is 5.23 Å². The number of halogens is 1. The Morgan fingerprint density at radius 2 is 1.74 bits per heavy atom. The smallest absolute Gasteiger partial charge is 0.308 e. The molecule has 0 radical (unpaired) electrons. The topological polar surface area (TPSA) is 89.8 Å². The van der Waals surface area contributed by atoms with Crippen LogP contribution in [0.25, 0.3) is 33.3 Å². The lowest BCUT2D eigenvalue weighted by Crippen LogP contribution is -2.99. The molecule has 0 aliphatic carbocycles. The van der Waals surface area contributed by atoms with Crippen LogP contribution in [0.15, 0.2) is 72.8 Å². The van der Waals surface area contributed by atoms with Gasteiger partial charge >= 0.3 is 5.97 Å². The fraction of sp³-hybridized carbons (Fsp3) is 0.0417. The number of aromatic amines is 1. The molecule has 0 bridgehead atoms. The second-order valence-electron chi connectivity index (χ2n) is 6.94. The van der Waals surface area contributed by atoms with Gasteiger partial charge in [-0.05, 0) is 17.7 Å². The minimum Gasteiger partial charge on any atom is -0.595 e. The summed E-state index contributed by atoms with van der Waals surface area (Å²) in [4.78, 5) is 15.0. The Morgan fingerprint density at radius 1 is 1.10 bits per heavy atom. The molecule has 0 saturated carbocycles. The van der Waals surface area contributed by atoms with Gasteiger partial charge in [0.2, 0.25) is 0 Å². The highest BCUT2D eigenvalue weighted by Crippen LogP contribution is 2.41. The van der Waals surface area contributed by atoms with Crippen LogP contribution in [-0.4, -0.2) is 16.2 Å². The van der Waals surface area contributed by atoms with Crippen LogP contribution in [-0.2, 0) is 4.79 Å². The van der Waals surface area contributed by atoms with E-state index in [0.717, 1.165) is 11.1 Å². The first kappa shape index (κ1) is 20.8. The predicted molar refractivity (Wildman–Crippen MR) is 121 cm³/mol. The Kier molecular flexibility index (Phi) is 5.88. The number of esters is 1. The van der Waals surface area contributed by atoms with Gasteiger partial charge < -0.3 is 14.9 Å². The summed E-state index contributed by atoms with van der Waals surface area (Å²) < 4.78 is 5.53. The number of carbonyl (C=O) groups excluding carboxylic acids is 1. The van der Waals surface area contributed by atoms with Gasteiger partial charge in [-0.3, -0.25) is 4.79 Å². The van der Waals surface area contributed by atoms with Crippen molar-refractivity contribution in [3.63, 3.8) is 0 Å². The van der Waals surface area contributed by atoms with Crippen molar-refractivity contribution in [3.05, 3.63) is 89.1 Å². The van der Waals surface area contributed by atoms with Gasteiger partial charge in [-0.1, -0.05) is 72.3 Å². The van der Waals surface area contributed by atoms with E-state index >= 15 is 0 Å². The van der Waals surface area contributed by atoms with Crippen LogP contribution >= 0.6 is 11.6 Å². The van der Waals surface area contributed by atoms with Gasteiger partial charge in [0.15, 0.2) is 11.4 Å². The molecule has 4 rings (SSSR count). The Balaban J connectivity index is 1.96. The third kappa shape index (κ3) is 4.38. The van der Waals surface area contributed by atoms with E-state index in [4.69, 9.17) is 16.3 Å². The molecular weight excluding hydrogens is 416 g/mol. The maximum atomic E-state index is 12.0. The van der Waals surface area contributed by atoms with Crippen LogP contribution in [0.5, 0.6) is 5.75 Å². The van der Waals surface area contributed by atoms with Crippen molar-refractivity contribution >= 4 is 45.3 Å². The monoisotopic (exact) mass is 434 g/mol. The molecule has 7 heteroatoms. The molecule has 1 aromatic heterocycles. The molecule has 0 spiro atoms. The second-order valence-corrected chi connectivity index (χ2v) is 7.35. The number of ether oxygens (including phenoxy) is 1. The Hall–Kier alpha value is -3.42. The summed E-state index contributed by atoms with van der Waals surface area (Å²) in [6, 6.07) is 21.9. The number of aromatic nitrogens is 1. The average molecular weight is 435 g/mol. The summed E-state index contributed by atoms with van der Waals surface area (Å²) in [5.41, 5.74) is 3.13. The first-order chi connectivity index (χ1) is 14.9. The fourth-order valence-corrected chi connectivity index (χ4v) is 3.71. The number of H-pyrrole nitrogens is 1. The van der Waals surface area contributed by atoms with E-state index in [1.54, 1.807) is 12.1 Å². The van der Waals surface area contributed by atoms with Gasteiger partial charge in [0.1, 0.15) is 0 Å². The van der Waals surface area contributed by atoms with Crippen molar-refractivity contribution in [1.29, 1.82) is 0 Å². The largest absolute Gasteiger partial charge is 0.595 e. The molecule has 0 aliphatic heterocycles. The van der Waals surface area contributed by atoms with Crippen LogP contribution in [0.4, 0.5) is 5.69 Å². The molecule has 31 heavy (non-hydrogen) atoms. The maximum absolute atomic E-state index is 12.0. The lowest BCUT2D eigenvalue weighted by molar-refractivity contribution is -0.991. The van der Waals surface area contributed by atoms with Crippen molar-refractivity contribution in [2.24, 2.45) is 0 Å². The first-order valence-electron chi connectivity index (χ1n) is 9.53. The number of quaternary nitrogens is 1. The van der Waals surface area contributed by atoms with E-state index in [1.807, 2.05) is 60.7 Å². The van der Waals surface area contributed by atoms with Crippen LogP contribution in [0.3, 0.4) is 0 Å². The molecule has 0 aliphatic rings. The molecule has 0 saturated heterocycles. The van der Waals surface area contributed by atoms with Gasteiger partial charge in [0.25, 0.3) is 0 Å². The zero-order valence-corrected chi connectivity index (χ0v) is 17.3. The summed E-state index contributed by atoms with van der Waals surface area (Å²) in [5, 5.41) is 21.5. The van der Waals surface area contributed by atoms with Crippen molar-refractivity contribution in [2.45, 2.75) is 6.92 Å². The zero-order valence-electron chi connectivity index (χ0n) is 16.6. The van der Waals surface area contributed by atoms with E-state index in [1.165, 1.54) is 13.0 Å². The summed E-state index contributed by atoms with van der Waals surface area (Å²) in [6.07, 6.45) is 1.70. The van der Waals surface area contributed by atoms with E-state index < -0.39 is 11.2 Å². The van der Waals surface area contributed by atoms with E-state index in [2.05, 4.69) is 4.98 Å². The summed E-state index contributed by atoms with van der Waals surface area (Å²) in [5.74, 6) is -0.149. The number of carbonyl (C=O) groups is 1. The van der Waals surface area contributed by atoms with Crippen LogP contribution in [0, 0.1) is 5.21 Å². The lowest BCUT2D eigenvalue weighted by atomic mass is 10.1. The Bertz CT molecular complexity index is 1270. The number of hydrogen-bond acceptors (Lipinski definition) is 4. The normalized spacial score (nSPS) is 12.7.